The monoisotopic (exact) mass is 487 g/mol. The largest absolute Gasteiger partial charge is 0.492 e. The van der Waals surface area contributed by atoms with Gasteiger partial charge in [0.15, 0.2) is 0 Å². The van der Waals surface area contributed by atoms with E-state index >= 15 is 0 Å². The van der Waals surface area contributed by atoms with Gasteiger partial charge in [-0.1, -0.05) is 18.2 Å². The molecular formula is C27H25N3O6. The average Bonchev–Trinajstić information content (AvgIpc) is 3.10. The number of amides is 4. The number of nitrogens with zero attached hydrogens (tertiary/aromatic N) is 1. The van der Waals surface area contributed by atoms with Gasteiger partial charge >= 0.3 is 0 Å². The van der Waals surface area contributed by atoms with Gasteiger partial charge in [0.2, 0.25) is 0 Å². The van der Waals surface area contributed by atoms with Crippen molar-refractivity contribution in [1.82, 2.24) is 4.90 Å². The fourth-order valence-corrected chi connectivity index (χ4v) is 3.79. The Hall–Kier alpha value is -4.66. The van der Waals surface area contributed by atoms with Crippen molar-refractivity contribution in [2.75, 3.05) is 30.9 Å². The molecule has 0 aromatic heterocycles. The Labute approximate surface area is 208 Å². The second-order valence-corrected chi connectivity index (χ2v) is 7.91. The maximum Gasteiger partial charge on any atom is 0.261 e. The molecule has 0 saturated carbocycles. The highest BCUT2D eigenvalue weighted by atomic mass is 16.5. The molecule has 3 aromatic rings. The van der Waals surface area contributed by atoms with Gasteiger partial charge < -0.3 is 20.1 Å². The highest BCUT2D eigenvalue weighted by molar-refractivity contribution is 6.22. The molecule has 36 heavy (non-hydrogen) atoms. The standard InChI is InChI=1S/C27H25N3O6/c1-4-35-22-15-21(23(36-5-2)14-20(22)28-24(31)16-9-7-6-8-10-16)29-25(32)17-11-12-18-19(13-17)27(34)30(3)26(18)33/h6-15H,4-5H2,1-3H3,(H,28,31)(H,29,32). The third-order valence-electron chi connectivity index (χ3n) is 5.57. The lowest BCUT2D eigenvalue weighted by Gasteiger charge is -2.18. The number of anilines is 2. The van der Waals surface area contributed by atoms with Crippen LogP contribution in [0.4, 0.5) is 11.4 Å². The van der Waals surface area contributed by atoms with Crippen molar-refractivity contribution in [3.8, 4) is 11.5 Å². The van der Waals surface area contributed by atoms with Gasteiger partial charge in [-0.25, -0.2) is 0 Å². The molecule has 0 atom stereocenters. The van der Waals surface area contributed by atoms with Crippen molar-refractivity contribution < 1.29 is 28.7 Å². The van der Waals surface area contributed by atoms with E-state index in [1.807, 2.05) is 6.07 Å². The van der Waals surface area contributed by atoms with Gasteiger partial charge in [-0.05, 0) is 44.2 Å². The normalized spacial score (nSPS) is 12.2. The molecule has 9 heteroatoms. The van der Waals surface area contributed by atoms with Crippen molar-refractivity contribution in [2.24, 2.45) is 0 Å². The van der Waals surface area contributed by atoms with Gasteiger partial charge in [0.05, 0.1) is 35.7 Å². The molecule has 0 unspecified atom stereocenters. The summed E-state index contributed by atoms with van der Waals surface area (Å²) in [5.74, 6) is -1.02. The fourth-order valence-electron chi connectivity index (χ4n) is 3.79. The number of benzene rings is 3. The minimum atomic E-state index is -0.503. The van der Waals surface area contributed by atoms with Crippen molar-refractivity contribution in [3.05, 3.63) is 82.9 Å². The fraction of sp³-hybridized carbons (Fsp3) is 0.185. The molecule has 2 N–H and O–H groups in total. The molecule has 1 aliphatic heterocycles. The van der Waals surface area contributed by atoms with Gasteiger partial charge in [0.1, 0.15) is 11.5 Å². The highest BCUT2D eigenvalue weighted by Gasteiger charge is 2.33. The van der Waals surface area contributed by atoms with E-state index in [2.05, 4.69) is 10.6 Å². The summed E-state index contributed by atoms with van der Waals surface area (Å²) < 4.78 is 11.5. The Morgan fingerprint density at radius 1 is 0.722 bits per heavy atom. The predicted octanol–water partition coefficient (Wildman–Crippen LogP) is 4.21. The Morgan fingerprint density at radius 2 is 1.25 bits per heavy atom. The number of nitrogens with one attached hydrogen (secondary N) is 2. The molecule has 184 valence electrons. The second-order valence-electron chi connectivity index (χ2n) is 7.91. The minimum absolute atomic E-state index is 0.175. The lowest BCUT2D eigenvalue weighted by atomic mass is 10.1. The molecule has 0 fully saturated rings. The lowest BCUT2D eigenvalue weighted by Crippen LogP contribution is -2.24. The molecule has 0 radical (unpaired) electrons. The third-order valence-corrected chi connectivity index (χ3v) is 5.57. The summed E-state index contributed by atoms with van der Waals surface area (Å²) in [7, 11) is 1.40. The maximum atomic E-state index is 13.1. The summed E-state index contributed by atoms with van der Waals surface area (Å²) >= 11 is 0. The smallest absolute Gasteiger partial charge is 0.261 e. The molecule has 0 bridgehead atoms. The van der Waals surface area contributed by atoms with E-state index in [0.717, 1.165) is 4.90 Å². The zero-order valence-corrected chi connectivity index (χ0v) is 20.1. The third kappa shape index (κ3) is 4.76. The summed E-state index contributed by atoms with van der Waals surface area (Å²) in [5, 5.41) is 5.62. The van der Waals surface area contributed by atoms with E-state index in [9.17, 15) is 19.2 Å². The van der Waals surface area contributed by atoms with E-state index in [4.69, 9.17) is 9.47 Å². The maximum absolute atomic E-state index is 13.1. The van der Waals surface area contributed by atoms with Crippen LogP contribution >= 0.6 is 0 Å². The summed E-state index contributed by atoms with van der Waals surface area (Å²) in [6.07, 6.45) is 0. The van der Waals surface area contributed by atoms with Crippen molar-refractivity contribution in [2.45, 2.75) is 13.8 Å². The SMILES string of the molecule is CCOc1cc(NC(=O)c2ccc3c(c2)C(=O)N(C)C3=O)c(OCC)cc1NC(=O)c1ccccc1. The molecule has 0 aliphatic carbocycles. The van der Waals surface area contributed by atoms with Crippen molar-refractivity contribution in [1.29, 1.82) is 0 Å². The number of carbonyl (C=O) groups is 4. The van der Waals surface area contributed by atoms with E-state index in [1.165, 1.54) is 25.2 Å². The summed E-state index contributed by atoms with van der Waals surface area (Å²) in [6.45, 7) is 4.23. The van der Waals surface area contributed by atoms with Crippen LogP contribution in [0.5, 0.6) is 11.5 Å². The summed E-state index contributed by atoms with van der Waals surface area (Å²) in [6, 6.07) is 16.2. The number of imide groups is 1. The number of rotatable bonds is 8. The van der Waals surface area contributed by atoms with Crippen LogP contribution in [0.15, 0.2) is 60.7 Å². The van der Waals surface area contributed by atoms with Gasteiger partial charge in [-0.15, -0.1) is 0 Å². The molecule has 0 spiro atoms. The topological polar surface area (TPSA) is 114 Å². The van der Waals surface area contributed by atoms with Crippen molar-refractivity contribution in [3.63, 3.8) is 0 Å². The van der Waals surface area contributed by atoms with Crippen molar-refractivity contribution >= 4 is 35.0 Å². The Kier molecular flexibility index (Phi) is 7.00. The Balaban J connectivity index is 1.64. The molecule has 0 saturated heterocycles. The van der Waals surface area contributed by atoms with E-state index in [1.54, 1.807) is 50.2 Å². The molecule has 9 nitrogen and oxygen atoms in total. The quantitative estimate of drug-likeness (QED) is 0.460. The lowest BCUT2D eigenvalue weighted by molar-refractivity contribution is 0.0692. The molecule has 1 aliphatic rings. The first-order valence-corrected chi connectivity index (χ1v) is 11.4. The van der Waals surface area contributed by atoms with E-state index in [0.29, 0.717) is 41.7 Å². The predicted molar refractivity (Wildman–Crippen MR) is 134 cm³/mol. The second kappa shape index (κ2) is 10.3. The van der Waals surface area contributed by atoms with Crippen LogP contribution in [0.2, 0.25) is 0 Å². The summed E-state index contributed by atoms with van der Waals surface area (Å²) in [5.41, 5.74) is 1.82. The first-order chi connectivity index (χ1) is 17.3. The van der Waals surface area contributed by atoms with Gasteiger partial charge in [-0.2, -0.15) is 0 Å². The van der Waals surface area contributed by atoms with Crippen LogP contribution in [-0.4, -0.2) is 48.8 Å². The number of hydrogen-bond donors (Lipinski definition) is 2. The van der Waals surface area contributed by atoms with Crippen LogP contribution in [0.3, 0.4) is 0 Å². The zero-order chi connectivity index (χ0) is 25.8. The zero-order valence-electron chi connectivity index (χ0n) is 20.1. The number of hydrogen-bond acceptors (Lipinski definition) is 6. The first-order valence-electron chi connectivity index (χ1n) is 11.4. The number of carbonyl (C=O) groups excluding carboxylic acids is 4. The first kappa shape index (κ1) is 24.5. The molecule has 3 aromatic carbocycles. The Morgan fingerprint density at radius 3 is 1.81 bits per heavy atom. The molecule has 4 rings (SSSR count). The van der Waals surface area contributed by atoms with E-state index < -0.39 is 17.7 Å². The van der Waals surface area contributed by atoms with Crippen LogP contribution in [0, 0.1) is 0 Å². The van der Waals surface area contributed by atoms with Gasteiger partial charge in [0, 0.05) is 30.3 Å². The molecule has 1 heterocycles. The van der Waals surface area contributed by atoms with Gasteiger partial charge in [0.25, 0.3) is 23.6 Å². The highest BCUT2D eigenvalue weighted by Crippen LogP contribution is 2.37. The number of fused-ring (bicyclic) bond motifs is 1. The van der Waals surface area contributed by atoms with Crippen LogP contribution in [0.25, 0.3) is 0 Å². The minimum Gasteiger partial charge on any atom is -0.492 e. The summed E-state index contributed by atoms with van der Waals surface area (Å²) in [4.78, 5) is 51.3. The molecular weight excluding hydrogens is 462 g/mol. The van der Waals surface area contributed by atoms with Crippen LogP contribution in [-0.2, 0) is 0 Å². The van der Waals surface area contributed by atoms with E-state index in [-0.39, 0.29) is 22.6 Å². The van der Waals surface area contributed by atoms with Gasteiger partial charge in [-0.3, -0.25) is 24.1 Å². The van der Waals surface area contributed by atoms with Crippen LogP contribution in [0.1, 0.15) is 55.3 Å². The van der Waals surface area contributed by atoms with Crippen LogP contribution < -0.4 is 20.1 Å². The molecule has 4 amide bonds. The average molecular weight is 488 g/mol. The Bertz CT molecular complexity index is 1350. The number of ether oxygens (including phenoxy) is 2.